The van der Waals surface area contributed by atoms with Gasteiger partial charge in [-0.15, -0.1) is 0 Å². The number of aromatic hydroxyl groups is 1. The Morgan fingerprint density at radius 3 is 2.57 bits per heavy atom. The highest BCUT2D eigenvalue weighted by Gasteiger charge is 2.16. The van der Waals surface area contributed by atoms with E-state index >= 15 is 0 Å². The van der Waals surface area contributed by atoms with E-state index in [2.05, 4.69) is 0 Å². The summed E-state index contributed by atoms with van der Waals surface area (Å²) in [5, 5.41) is 18.5. The molecule has 78 valence electrons. The lowest BCUT2D eigenvalue weighted by atomic mass is 10.1. The summed E-state index contributed by atoms with van der Waals surface area (Å²) in [6.07, 6.45) is -1.22. The maximum atomic E-state index is 10.6. The predicted octanol–water partition coefficient (Wildman–Crippen LogP) is 0.994. The lowest BCUT2D eigenvalue weighted by Crippen LogP contribution is -2.09. The zero-order chi connectivity index (χ0) is 10.8. The molecule has 0 saturated heterocycles. The first kappa shape index (κ1) is 11.3. The standard InChI is InChI=1S/C8H9ClO4S/c9-14(12,13)5-8(11)6-2-1-3-7(10)4-6/h1-4,8,10-11H,5H2. The molecule has 14 heavy (non-hydrogen) atoms. The van der Waals surface area contributed by atoms with Crippen molar-refractivity contribution >= 4 is 19.7 Å². The van der Waals surface area contributed by atoms with Gasteiger partial charge in [0, 0.05) is 10.7 Å². The normalized spacial score (nSPS) is 13.9. The molecule has 1 unspecified atom stereocenters. The van der Waals surface area contributed by atoms with Crippen molar-refractivity contribution in [3.8, 4) is 5.75 Å². The zero-order valence-corrected chi connectivity index (χ0v) is 8.66. The molecule has 1 aromatic rings. The van der Waals surface area contributed by atoms with Gasteiger partial charge in [0.25, 0.3) is 0 Å². The number of aliphatic hydroxyl groups excluding tert-OH is 1. The lowest BCUT2D eigenvalue weighted by Gasteiger charge is -2.08. The van der Waals surface area contributed by atoms with Crippen LogP contribution in [0, 0.1) is 0 Å². The fraction of sp³-hybridized carbons (Fsp3) is 0.250. The average Bonchev–Trinajstić information content (AvgIpc) is 2.01. The molecule has 0 bridgehead atoms. The summed E-state index contributed by atoms with van der Waals surface area (Å²) in [5.41, 5.74) is 0.314. The molecule has 2 N–H and O–H groups in total. The van der Waals surface area contributed by atoms with Gasteiger partial charge in [-0.3, -0.25) is 0 Å². The van der Waals surface area contributed by atoms with E-state index in [1.807, 2.05) is 0 Å². The molecule has 0 aromatic heterocycles. The summed E-state index contributed by atoms with van der Waals surface area (Å²) in [4.78, 5) is 0. The minimum Gasteiger partial charge on any atom is -0.508 e. The smallest absolute Gasteiger partial charge is 0.235 e. The third kappa shape index (κ3) is 3.53. The van der Waals surface area contributed by atoms with E-state index in [1.54, 1.807) is 0 Å². The largest absolute Gasteiger partial charge is 0.508 e. The molecule has 0 saturated carbocycles. The Morgan fingerprint density at radius 1 is 1.43 bits per heavy atom. The number of phenolic OH excluding ortho intramolecular Hbond substituents is 1. The second kappa shape index (κ2) is 4.16. The van der Waals surface area contributed by atoms with Crippen LogP contribution in [-0.2, 0) is 9.05 Å². The van der Waals surface area contributed by atoms with Crippen molar-refractivity contribution in [2.75, 3.05) is 5.75 Å². The Bertz CT molecular complexity index is 415. The minimum atomic E-state index is -3.74. The van der Waals surface area contributed by atoms with Crippen LogP contribution in [0.3, 0.4) is 0 Å². The van der Waals surface area contributed by atoms with Crippen molar-refractivity contribution in [2.24, 2.45) is 0 Å². The van der Waals surface area contributed by atoms with Crippen LogP contribution in [0.5, 0.6) is 5.75 Å². The lowest BCUT2D eigenvalue weighted by molar-refractivity contribution is 0.202. The molecule has 1 aromatic carbocycles. The van der Waals surface area contributed by atoms with Gasteiger partial charge in [-0.25, -0.2) is 8.42 Å². The fourth-order valence-electron chi connectivity index (χ4n) is 1.02. The number of hydrogen-bond donors (Lipinski definition) is 2. The van der Waals surface area contributed by atoms with Crippen LogP contribution in [0.1, 0.15) is 11.7 Å². The second-order valence-corrected chi connectivity index (χ2v) is 5.64. The van der Waals surface area contributed by atoms with Gasteiger partial charge in [0.15, 0.2) is 0 Å². The Labute approximate surface area is 86.2 Å². The van der Waals surface area contributed by atoms with Crippen molar-refractivity contribution in [1.29, 1.82) is 0 Å². The molecular formula is C8H9ClO4S. The average molecular weight is 237 g/mol. The molecule has 6 heteroatoms. The SMILES string of the molecule is O=S(=O)(Cl)CC(O)c1cccc(O)c1. The highest BCUT2D eigenvalue weighted by atomic mass is 35.7. The van der Waals surface area contributed by atoms with Crippen molar-refractivity contribution in [3.63, 3.8) is 0 Å². The maximum absolute atomic E-state index is 10.6. The number of hydrogen-bond acceptors (Lipinski definition) is 4. The van der Waals surface area contributed by atoms with Gasteiger partial charge < -0.3 is 10.2 Å². The topological polar surface area (TPSA) is 74.6 Å². The Balaban J connectivity index is 2.85. The van der Waals surface area contributed by atoms with Crippen molar-refractivity contribution in [2.45, 2.75) is 6.10 Å². The molecule has 0 amide bonds. The van der Waals surface area contributed by atoms with Crippen LogP contribution in [0.2, 0.25) is 0 Å². The molecule has 0 aliphatic rings. The van der Waals surface area contributed by atoms with Crippen LogP contribution < -0.4 is 0 Å². The first-order valence-corrected chi connectivity index (χ1v) is 6.25. The van der Waals surface area contributed by atoms with Crippen molar-refractivity contribution in [3.05, 3.63) is 29.8 Å². The molecule has 0 fully saturated rings. The Hall–Kier alpha value is -0.780. The summed E-state index contributed by atoms with van der Waals surface area (Å²) in [7, 11) is 1.22. The van der Waals surface area contributed by atoms with Crippen LogP contribution >= 0.6 is 10.7 Å². The second-order valence-electron chi connectivity index (χ2n) is 2.82. The number of phenols is 1. The van der Waals surface area contributed by atoms with Gasteiger partial charge in [-0.2, -0.15) is 0 Å². The summed E-state index contributed by atoms with van der Waals surface area (Å²) in [6.45, 7) is 0. The molecule has 0 aliphatic heterocycles. The summed E-state index contributed by atoms with van der Waals surface area (Å²) in [5.74, 6) is -0.605. The first-order valence-electron chi connectivity index (χ1n) is 3.78. The first-order chi connectivity index (χ1) is 6.38. The van der Waals surface area contributed by atoms with Gasteiger partial charge in [0.1, 0.15) is 5.75 Å². The molecule has 0 aliphatic carbocycles. The number of halogens is 1. The zero-order valence-electron chi connectivity index (χ0n) is 7.09. The Morgan fingerprint density at radius 2 is 2.07 bits per heavy atom. The van der Waals surface area contributed by atoms with Gasteiger partial charge in [0.2, 0.25) is 9.05 Å². The van der Waals surface area contributed by atoms with E-state index in [4.69, 9.17) is 15.8 Å². The van der Waals surface area contributed by atoms with Crippen molar-refractivity contribution in [1.82, 2.24) is 0 Å². The molecule has 1 rings (SSSR count). The summed E-state index contributed by atoms with van der Waals surface area (Å²) >= 11 is 0. The number of benzene rings is 1. The van der Waals surface area contributed by atoms with E-state index < -0.39 is 20.9 Å². The monoisotopic (exact) mass is 236 g/mol. The van der Waals surface area contributed by atoms with E-state index in [-0.39, 0.29) is 5.75 Å². The van der Waals surface area contributed by atoms with Gasteiger partial charge in [-0.1, -0.05) is 12.1 Å². The van der Waals surface area contributed by atoms with E-state index in [1.165, 1.54) is 24.3 Å². The van der Waals surface area contributed by atoms with Crippen LogP contribution in [-0.4, -0.2) is 24.4 Å². The predicted molar refractivity (Wildman–Crippen MR) is 52.7 cm³/mol. The third-order valence-electron chi connectivity index (χ3n) is 1.61. The molecule has 4 nitrogen and oxygen atoms in total. The summed E-state index contributed by atoms with van der Waals surface area (Å²) in [6, 6.07) is 5.72. The highest BCUT2D eigenvalue weighted by Crippen LogP contribution is 2.20. The van der Waals surface area contributed by atoms with Gasteiger partial charge >= 0.3 is 0 Å². The molecule has 0 spiro atoms. The van der Waals surface area contributed by atoms with Crippen LogP contribution in [0.25, 0.3) is 0 Å². The molecular weight excluding hydrogens is 228 g/mol. The van der Waals surface area contributed by atoms with Gasteiger partial charge in [0.05, 0.1) is 11.9 Å². The van der Waals surface area contributed by atoms with Crippen LogP contribution in [0.15, 0.2) is 24.3 Å². The van der Waals surface area contributed by atoms with E-state index in [0.29, 0.717) is 5.56 Å². The van der Waals surface area contributed by atoms with E-state index in [0.717, 1.165) is 0 Å². The van der Waals surface area contributed by atoms with E-state index in [9.17, 15) is 13.5 Å². The Kier molecular flexibility index (Phi) is 3.36. The van der Waals surface area contributed by atoms with Crippen LogP contribution in [0.4, 0.5) is 0 Å². The fourth-order valence-corrected chi connectivity index (χ4v) is 1.94. The minimum absolute atomic E-state index is 0.0338. The number of rotatable bonds is 3. The third-order valence-corrected chi connectivity index (χ3v) is 2.70. The maximum Gasteiger partial charge on any atom is 0.235 e. The highest BCUT2D eigenvalue weighted by molar-refractivity contribution is 8.13. The number of aliphatic hydroxyl groups is 1. The van der Waals surface area contributed by atoms with Gasteiger partial charge in [-0.05, 0) is 17.7 Å². The summed E-state index contributed by atoms with van der Waals surface area (Å²) < 4.78 is 21.3. The molecule has 0 radical (unpaired) electrons. The molecule has 0 heterocycles. The quantitative estimate of drug-likeness (QED) is 0.768. The van der Waals surface area contributed by atoms with Crippen molar-refractivity contribution < 1.29 is 18.6 Å². The molecule has 1 atom stereocenters.